The third-order valence-corrected chi connectivity index (χ3v) is 3.54. The van der Waals surface area contributed by atoms with Crippen LogP contribution in [0.4, 0.5) is 4.79 Å². The Morgan fingerprint density at radius 1 is 1.26 bits per heavy atom. The molecule has 0 saturated carbocycles. The molecule has 0 bridgehead atoms. The van der Waals surface area contributed by atoms with Gasteiger partial charge in [0.25, 0.3) is 0 Å². The number of urea groups is 1. The number of furan rings is 1. The fourth-order valence-electron chi connectivity index (χ4n) is 2.09. The Bertz CT molecular complexity index is 647. The van der Waals surface area contributed by atoms with Gasteiger partial charge in [-0.05, 0) is 51.0 Å². The fourth-order valence-corrected chi connectivity index (χ4v) is 2.09. The Balaban J connectivity index is 1.73. The molecule has 0 radical (unpaired) electrons. The van der Waals surface area contributed by atoms with Crippen molar-refractivity contribution < 1.29 is 14.3 Å². The van der Waals surface area contributed by atoms with Crippen LogP contribution in [0.15, 0.2) is 34.9 Å². The number of nitrogens with one attached hydrogen (secondary N) is 2. The smallest absolute Gasteiger partial charge is 0.314 e. The van der Waals surface area contributed by atoms with Crippen molar-refractivity contribution in [1.29, 1.82) is 0 Å². The van der Waals surface area contributed by atoms with Crippen LogP contribution in [0.3, 0.4) is 0 Å². The van der Waals surface area contributed by atoms with Crippen molar-refractivity contribution in [2.75, 3.05) is 13.1 Å². The lowest BCUT2D eigenvalue weighted by atomic mass is 10.0. The molecule has 0 unspecified atom stereocenters. The van der Waals surface area contributed by atoms with E-state index in [9.17, 15) is 9.90 Å². The van der Waals surface area contributed by atoms with E-state index >= 15 is 0 Å². The molecule has 0 aliphatic carbocycles. The topological polar surface area (TPSA) is 87.4 Å². The number of hydrogen-bond acceptors (Lipinski definition) is 4. The van der Waals surface area contributed by atoms with Gasteiger partial charge >= 0.3 is 6.03 Å². The van der Waals surface area contributed by atoms with Gasteiger partial charge < -0.3 is 20.2 Å². The Morgan fingerprint density at radius 3 is 2.65 bits per heavy atom. The number of carbonyl (C=O) groups excluding carboxylic acids is 1. The second-order valence-electron chi connectivity index (χ2n) is 5.85. The normalized spacial score (nSPS) is 13.4. The number of hydrogen-bond donors (Lipinski definition) is 3. The van der Waals surface area contributed by atoms with Gasteiger partial charge in [-0.15, -0.1) is 0 Å². The van der Waals surface area contributed by atoms with Gasteiger partial charge in [-0.25, -0.2) is 4.79 Å². The summed E-state index contributed by atoms with van der Waals surface area (Å²) in [4.78, 5) is 16.0. The summed E-state index contributed by atoms with van der Waals surface area (Å²) < 4.78 is 5.40. The third kappa shape index (κ3) is 5.10. The summed E-state index contributed by atoms with van der Waals surface area (Å²) >= 11 is 0. The minimum Gasteiger partial charge on any atom is -0.463 e. The minimum atomic E-state index is -1.24. The largest absolute Gasteiger partial charge is 0.463 e. The average Bonchev–Trinajstić information content (AvgIpc) is 2.95. The number of aromatic nitrogens is 1. The fraction of sp³-hybridized carbons (Fsp3) is 0.412. The molecule has 0 aliphatic rings. The molecule has 2 heterocycles. The van der Waals surface area contributed by atoms with Crippen molar-refractivity contribution in [3.63, 3.8) is 0 Å². The van der Waals surface area contributed by atoms with Gasteiger partial charge in [0.1, 0.15) is 17.1 Å². The predicted octanol–water partition coefficient (Wildman–Crippen LogP) is 2.04. The molecule has 0 spiro atoms. The van der Waals surface area contributed by atoms with Crippen LogP contribution in [0.25, 0.3) is 0 Å². The number of nitrogens with zero attached hydrogens (tertiary/aromatic N) is 1. The number of rotatable bonds is 6. The molecule has 6 heteroatoms. The summed E-state index contributed by atoms with van der Waals surface area (Å²) in [6.45, 7) is 5.90. The Hall–Kier alpha value is -2.34. The van der Waals surface area contributed by atoms with E-state index in [0.717, 1.165) is 17.0 Å². The van der Waals surface area contributed by atoms with E-state index in [2.05, 4.69) is 15.6 Å². The summed E-state index contributed by atoms with van der Waals surface area (Å²) in [5, 5.41) is 15.7. The molecule has 2 amide bonds. The molecule has 1 atom stereocenters. The lowest BCUT2D eigenvalue weighted by Crippen LogP contribution is -2.43. The van der Waals surface area contributed by atoms with E-state index in [1.54, 1.807) is 32.2 Å². The number of aryl methyl sites for hydroxylation is 2. The highest BCUT2D eigenvalue weighted by Crippen LogP contribution is 2.21. The van der Waals surface area contributed by atoms with Crippen molar-refractivity contribution in [3.8, 4) is 0 Å². The SMILES string of the molecule is Cc1ccc(CCNC(=O)NC[C@](C)(O)c2ccc(C)o2)cn1. The maximum atomic E-state index is 11.8. The maximum absolute atomic E-state index is 11.8. The van der Waals surface area contributed by atoms with Gasteiger partial charge in [-0.1, -0.05) is 6.07 Å². The summed E-state index contributed by atoms with van der Waals surface area (Å²) in [6, 6.07) is 7.09. The molecule has 6 nitrogen and oxygen atoms in total. The molecule has 0 aliphatic heterocycles. The number of carbonyl (C=O) groups is 1. The molecular weight excluding hydrogens is 294 g/mol. The Morgan fingerprint density at radius 2 is 2.04 bits per heavy atom. The van der Waals surface area contributed by atoms with E-state index in [-0.39, 0.29) is 12.6 Å². The first kappa shape index (κ1) is 17.0. The van der Waals surface area contributed by atoms with Crippen LogP contribution in [-0.4, -0.2) is 29.2 Å². The first-order chi connectivity index (χ1) is 10.9. The second-order valence-corrected chi connectivity index (χ2v) is 5.85. The van der Waals surface area contributed by atoms with Crippen molar-refractivity contribution in [3.05, 3.63) is 53.2 Å². The van der Waals surface area contributed by atoms with E-state index in [0.29, 0.717) is 18.7 Å². The summed E-state index contributed by atoms with van der Waals surface area (Å²) in [6.07, 6.45) is 2.51. The summed E-state index contributed by atoms with van der Waals surface area (Å²) in [7, 11) is 0. The zero-order chi connectivity index (χ0) is 16.9. The number of amides is 2. The Kier molecular flexibility index (Phi) is 5.39. The molecule has 0 saturated heterocycles. The summed E-state index contributed by atoms with van der Waals surface area (Å²) in [5.74, 6) is 1.15. The second kappa shape index (κ2) is 7.28. The minimum absolute atomic E-state index is 0.0673. The van der Waals surface area contributed by atoms with Crippen LogP contribution in [0, 0.1) is 13.8 Å². The monoisotopic (exact) mass is 317 g/mol. The lowest BCUT2D eigenvalue weighted by Gasteiger charge is -2.21. The lowest BCUT2D eigenvalue weighted by molar-refractivity contribution is 0.0360. The van der Waals surface area contributed by atoms with Gasteiger partial charge in [0, 0.05) is 18.4 Å². The van der Waals surface area contributed by atoms with Gasteiger partial charge in [-0.2, -0.15) is 0 Å². The highest BCUT2D eigenvalue weighted by molar-refractivity contribution is 5.73. The van der Waals surface area contributed by atoms with Crippen LogP contribution in [-0.2, 0) is 12.0 Å². The molecule has 0 aromatic carbocycles. The van der Waals surface area contributed by atoms with Crippen molar-refractivity contribution in [2.24, 2.45) is 0 Å². The van der Waals surface area contributed by atoms with Crippen molar-refractivity contribution in [2.45, 2.75) is 32.8 Å². The molecule has 2 aromatic heterocycles. The van der Waals surface area contributed by atoms with Crippen LogP contribution in [0.2, 0.25) is 0 Å². The van der Waals surface area contributed by atoms with E-state index in [1.807, 2.05) is 19.1 Å². The highest BCUT2D eigenvalue weighted by Gasteiger charge is 2.27. The average molecular weight is 317 g/mol. The number of pyridine rings is 1. The molecule has 2 aromatic rings. The Labute approximate surface area is 135 Å². The maximum Gasteiger partial charge on any atom is 0.314 e. The molecular formula is C17H23N3O3. The third-order valence-electron chi connectivity index (χ3n) is 3.54. The molecule has 3 N–H and O–H groups in total. The first-order valence-electron chi connectivity index (χ1n) is 7.59. The molecule has 23 heavy (non-hydrogen) atoms. The van der Waals surface area contributed by atoms with Gasteiger partial charge in [0.2, 0.25) is 0 Å². The predicted molar refractivity (Wildman–Crippen MR) is 87.1 cm³/mol. The molecule has 124 valence electrons. The van der Waals surface area contributed by atoms with Crippen LogP contribution in [0.1, 0.15) is 29.7 Å². The van der Waals surface area contributed by atoms with Gasteiger partial charge in [0.05, 0.1) is 6.54 Å². The quantitative estimate of drug-likeness (QED) is 0.761. The van der Waals surface area contributed by atoms with E-state index in [4.69, 9.17) is 4.42 Å². The molecule has 2 rings (SSSR count). The van der Waals surface area contributed by atoms with E-state index < -0.39 is 5.60 Å². The van der Waals surface area contributed by atoms with Crippen molar-refractivity contribution >= 4 is 6.03 Å². The zero-order valence-electron chi connectivity index (χ0n) is 13.7. The van der Waals surface area contributed by atoms with Crippen LogP contribution >= 0.6 is 0 Å². The van der Waals surface area contributed by atoms with Crippen molar-refractivity contribution in [1.82, 2.24) is 15.6 Å². The number of aliphatic hydroxyl groups is 1. The van der Waals surface area contributed by atoms with Crippen LogP contribution in [0.5, 0.6) is 0 Å². The first-order valence-corrected chi connectivity index (χ1v) is 7.59. The zero-order valence-corrected chi connectivity index (χ0v) is 13.7. The van der Waals surface area contributed by atoms with Gasteiger partial charge in [-0.3, -0.25) is 4.98 Å². The van der Waals surface area contributed by atoms with E-state index in [1.165, 1.54) is 0 Å². The van der Waals surface area contributed by atoms with Crippen LogP contribution < -0.4 is 10.6 Å². The summed E-state index contributed by atoms with van der Waals surface area (Å²) in [5.41, 5.74) is 0.788. The standard InChI is InChI=1S/C17H23N3O3/c1-12-4-6-14(10-19-12)8-9-18-16(21)20-11-17(3,22)15-7-5-13(2)23-15/h4-7,10,22H,8-9,11H2,1-3H3,(H2,18,20,21)/t17-/m0/s1. The molecule has 0 fully saturated rings. The van der Waals surface area contributed by atoms with Gasteiger partial charge in [0.15, 0.2) is 0 Å². The highest BCUT2D eigenvalue weighted by atomic mass is 16.4.